The van der Waals surface area contributed by atoms with Crippen LogP contribution in [0.1, 0.15) is 0 Å². The van der Waals surface area contributed by atoms with E-state index < -0.39 is 15.6 Å². The van der Waals surface area contributed by atoms with E-state index in [2.05, 4.69) is 0 Å². The predicted molar refractivity (Wildman–Crippen MR) is 37.7 cm³/mol. The molecule has 0 aliphatic rings. The van der Waals surface area contributed by atoms with E-state index in [1.807, 2.05) is 0 Å². The molecular formula is H12O13P2Zr. The molecule has 0 unspecified atom stereocenters. The van der Waals surface area contributed by atoms with Gasteiger partial charge in [0.2, 0.25) is 0 Å². The molecule has 0 rings (SSSR count). The number of rotatable bonds is 0. The molecule has 0 atom stereocenters. The molecule has 16 heteroatoms. The first kappa shape index (κ1) is 53.9. The van der Waals surface area contributed by atoms with Crippen LogP contribution in [0.15, 0.2) is 0 Å². The van der Waals surface area contributed by atoms with Gasteiger partial charge in [-0.05, 0) is 0 Å². The van der Waals surface area contributed by atoms with Crippen LogP contribution in [0.3, 0.4) is 0 Å². The average molecular weight is 373 g/mol. The Morgan fingerprint density at radius 1 is 0.625 bits per heavy atom. The van der Waals surface area contributed by atoms with Gasteiger partial charge in [0.15, 0.2) is 0 Å². The molecule has 0 aliphatic carbocycles. The van der Waals surface area contributed by atoms with Gasteiger partial charge in [-0.1, -0.05) is 0 Å². The Morgan fingerprint density at radius 3 is 0.625 bits per heavy atom. The van der Waals surface area contributed by atoms with Gasteiger partial charge in [-0.3, -0.25) is 0 Å². The van der Waals surface area contributed by atoms with Crippen LogP contribution in [0.4, 0.5) is 0 Å². The summed E-state index contributed by atoms with van der Waals surface area (Å²) in [6.07, 6.45) is 0. The van der Waals surface area contributed by atoms with Crippen molar-refractivity contribution < 1.29 is 92.1 Å². The SMILES string of the molecule is O.O.O.O.O.O=P([O-])([O-])O.O=P([O-])([O-])O.[Zr+4]. The van der Waals surface area contributed by atoms with Crippen LogP contribution in [-0.2, 0) is 35.3 Å². The van der Waals surface area contributed by atoms with Crippen molar-refractivity contribution in [3.05, 3.63) is 0 Å². The Kier molecular flexibility index (Phi) is 71.5. The molecule has 12 N–H and O–H groups in total. The topological polar surface area (TPSA) is 324 Å². The van der Waals surface area contributed by atoms with Crippen LogP contribution in [0.25, 0.3) is 0 Å². The summed E-state index contributed by atoms with van der Waals surface area (Å²) in [4.78, 5) is 48.6. The first-order valence-electron chi connectivity index (χ1n) is 1.50. The maximum absolute atomic E-state index is 8.66. The summed E-state index contributed by atoms with van der Waals surface area (Å²) in [7, 11) is -10.3. The molecule has 0 aromatic rings. The van der Waals surface area contributed by atoms with E-state index in [4.69, 9.17) is 38.5 Å². The molecule has 0 fully saturated rings. The first-order valence-corrected chi connectivity index (χ1v) is 4.49. The maximum atomic E-state index is 8.66. The normalized spacial score (nSPS) is 7.38. The van der Waals surface area contributed by atoms with Crippen molar-refractivity contribution in [1.82, 2.24) is 0 Å². The Bertz CT molecular complexity index is 126. The molecule has 0 saturated heterocycles. The third-order valence-electron chi connectivity index (χ3n) is 0. The second-order valence-electron chi connectivity index (χ2n) is 0.937. The third-order valence-corrected chi connectivity index (χ3v) is 0. The molecule has 13 nitrogen and oxygen atoms in total. The van der Waals surface area contributed by atoms with E-state index in [1.165, 1.54) is 0 Å². The summed E-state index contributed by atoms with van der Waals surface area (Å²) in [6, 6.07) is 0. The Balaban J connectivity index is -0.00000000970. The van der Waals surface area contributed by atoms with Gasteiger partial charge < -0.3 is 65.9 Å². The van der Waals surface area contributed by atoms with E-state index in [0.717, 1.165) is 0 Å². The van der Waals surface area contributed by atoms with Crippen molar-refractivity contribution in [3.8, 4) is 0 Å². The number of phosphoric acid groups is 2. The van der Waals surface area contributed by atoms with Crippen LogP contribution in [0.2, 0.25) is 0 Å². The first-order chi connectivity index (χ1) is 4.00. The zero-order valence-electron chi connectivity index (χ0n) is 7.24. The molecule has 104 valence electrons. The molecule has 0 aliphatic heterocycles. The third kappa shape index (κ3) is 3530. The molecule has 0 radical (unpaired) electrons. The van der Waals surface area contributed by atoms with E-state index >= 15 is 0 Å². The fourth-order valence-corrected chi connectivity index (χ4v) is 0. The molecule has 0 bridgehead atoms. The minimum absolute atomic E-state index is 0. The Morgan fingerprint density at radius 2 is 0.625 bits per heavy atom. The number of hydrogen-bond donors (Lipinski definition) is 2. The second-order valence-corrected chi connectivity index (χ2v) is 2.81. The largest absolute Gasteiger partial charge is 4.00 e. The van der Waals surface area contributed by atoms with Crippen LogP contribution in [-0.4, -0.2) is 37.2 Å². The smallest absolute Gasteiger partial charge is 0.790 e. The van der Waals surface area contributed by atoms with E-state index in [1.54, 1.807) is 0 Å². The summed E-state index contributed by atoms with van der Waals surface area (Å²) in [5.74, 6) is 0. The van der Waals surface area contributed by atoms with Crippen molar-refractivity contribution in [2.45, 2.75) is 0 Å². The Hall–Kier alpha value is 0.903. The van der Waals surface area contributed by atoms with Crippen LogP contribution >= 0.6 is 15.6 Å². The van der Waals surface area contributed by atoms with Gasteiger partial charge in [0.25, 0.3) is 0 Å². The summed E-state index contributed by atoms with van der Waals surface area (Å²) >= 11 is 0. The van der Waals surface area contributed by atoms with Crippen LogP contribution in [0, 0.1) is 0 Å². The molecule has 0 aromatic carbocycles. The van der Waals surface area contributed by atoms with Gasteiger partial charge in [-0.2, -0.15) is 0 Å². The predicted octanol–water partition coefficient (Wildman–Crippen LogP) is -8.51. The molecule has 0 aromatic heterocycles. The zero-order chi connectivity index (χ0) is 9.00. The molecule has 0 spiro atoms. The number of hydrogen-bond acceptors (Lipinski definition) is 6. The maximum Gasteiger partial charge on any atom is 4.00 e. The monoisotopic (exact) mass is 372 g/mol. The molecule has 16 heavy (non-hydrogen) atoms. The van der Waals surface area contributed by atoms with Crippen molar-refractivity contribution in [2.24, 2.45) is 0 Å². The van der Waals surface area contributed by atoms with Gasteiger partial charge in [-0.25, -0.2) is 0 Å². The molecule has 0 amide bonds. The van der Waals surface area contributed by atoms with Gasteiger partial charge in [0.05, 0.1) is 15.6 Å². The zero-order valence-corrected chi connectivity index (χ0v) is 11.5. The van der Waals surface area contributed by atoms with E-state index in [9.17, 15) is 0 Å². The fourth-order valence-electron chi connectivity index (χ4n) is 0. The van der Waals surface area contributed by atoms with Gasteiger partial charge in [0.1, 0.15) is 0 Å². The van der Waals surface area contributed by atoms with Crippen LogP contribution < -0.4 is 19.6 Å². The summed E-state index contributed by atoms with van der Waals surface area (Å²) in [6.45, 7) is 0. The Labute approximate surface area is 108 Å². The van der Waals surface area contributed by atoms with Crippen molar-refractivity contribution >= 4 is 15.6 Å². The van der Waals surface area contributed by atoms with Crippen molar-refractivity contribution in [3.63, 3.8) is 0 Å². The fraction of sp³-hybridized carbons (Fsp3) is 0. The van der Waals surface area contributed by atoms with Gasteiger partial charge >= 0.3 is 26.2 Å². The molecule has 0 saturated carbocycles. The van der Waals surface area contributed by atoms with E-state index in [0.29, 0.717) is 0 Å². The van der Waals surface area contributed by atoms with Gasteiger partial charge in [0, 0.05) is 0 Å². The second kappa shape index (κ2) is 21.2. The van der Waals surface area contributed by atoms with Gasteiger partial charge in [-0.15, -0.1) is 0 Å². The molecular weight excluding hydrogens is 361 g/mol. The van der Waals surface area contributed by atoms with Crippen LogP contribution in [0.5, 0.6) is 0 Å². The standard InChI is InChI=1S/2H3O4P.5H2O.Zr/c2*1-5(2,3)4;;;;;;/h2*(H3,1,2,3,4);5*1H2;/q;;;;;;;+4/p-4. The summed E-state index contributed by atoms with van der Waals surface area (Å²) in [5, 5.41) is 0. The minimum atomic E-state index is -5.14. The summed E-state index contributed by atoms with van der Waals surface area (Å²) < 4.78 is 17.3. The summed E-state index contributed by atoms with van der Waals surface area (Å²) in [5.41, 5.74) is 0. The van der Waals surface area contributed by atoms with Crippen molar-refractivity contribution in [2.75, 3.05) is 0 Å². The minimum Gasteiger partial charge on any atom is -0.790 e. The molecule has 0 heterocycles. The quantitative estimate of drug-likeness (QED) is 0.382. The van der Waals surface area contributed by atoms with E-state index in [-0.39, 0.29) is 53.6 Å². The average Bonchev–Trinajstić information content (AvgIpc) is 1.12. The van der Waals surface area contributed by atoms with Crippen molar-refractivity contribution in [1.29, 1.82) is 0 Å².